The first kappa shape index (κ1) is 19.6. The fourth-order valence-corrected chi connectivity index (χ4v) is 1.55. The Labute approximate surface area is 132 Å². The molecule has 5 heteroatoms. The number of hydrogen-bond donors (Lipinski definition) is 2. The molecule has 120 valence electrons. The van der Waals surface area contributed by atoms with Gasteiger partial charge in [0, 0.05) is 31.4 Å². The standard InChI is InChI=1S/C17H25N3O2/c1-5-9-10-14(6-2)13-20-17(22)16(21)19-12-11-15(7-3)18-8-4/h5-10H,1,11-13H2,2-4H3,(H,19,21)(H,20,22)/b10-9-,14-6+,15-7-,18-8-. The zero-order chi connectivity index (χ0) is 16.8. The summed E-state index contributed by atoms with van der Waals surface area (Å²) in [5.74, 6) is -1.29. The summed E-state index contributed by atoms with van der Waals surface area (Å²) in [5.41, 5.74) is 1.77. The molecule has 5 nitrogen and oxygen atoms in total. The summed E-state index contributed by atoms with van der Waals surface area (Å²) in [4.78, 5) is 27.5. The van der Waals surface area contributed by atoms with Crippen molar-refractivity contribution < 1.29 is 9.59 Å². The molecule has 0 aliphatic carbocycles. The van der Waals surface area contributed by atoms with Crippen LogP contribution in [0.15, 0.2) is 53.2 Å². The van der Waals surface area contributed by atoms with Gasteiger partial charge in [-0.3, -0.25) is 14.6 Å². The monoisotopic (exact) mass is 303 g/mol. The molecule has 2 amide bonds. The van der Waals surface area contributed by atoms with Gasteiger partial charge in [0.05, 0.1) is 0 Å². The van der Waals surface area contributed by atoms with E-state index in [1.54, 1.807) is 18.4 Å². The fraction of sp³-hybridized carbons (Fsp3) is 0.353. The van der Waals surface area contributed by atoms with Gasteiger partial charge in [-0.25, -0.2) is 0 Å². The average molecular weight is 303 g/mol. The van der Waals surface area contributed by atoms with Crippen LogP contribution in [0, 0.1) is 0 Å². The van der Waals surface area contributed by atoms with E-state index in [0.717, 1.165) is 11.3 Å². The first-order chi connectivity index (χ1) is 10.6. The maximum absolute atomic E-state index is 11.7. The van der Waals surface area contributed by atoms with Gasteiger partial charge in [0.2, 0.25) is 0 Å². The number of carbonyl (C=O) groups is 2. The maximum atomic E-state index is 11.7. The second-order valence-electron chi connectivity index (χ2n) is 4.31. The molecule has 0 spiro atoms. The van der Waals surface area contributed by atoms with E-state index in [0.29, 0.717) is 19.5 Å². The van der Waals surface area contributed by atoms with Gasteiger partial charge >= 0.3 is 11.8 Å². The maximum Gasteiger partial charge on any atom is 0.309 e. The van der Waals surface area contributed by atoms with Gasteiger partial charge < -0.3 is 10.6 Å². The van der Waals surface area contributed by atoms with Crippen LogP contribution >= 0.6 is 0 Å². The number of nitrogens with zero attached hydrogens (tertiary/aromatic N) is 1. The number of nitrogens with one attached hydrogen (secondary N) is 2. The summed E-state index contributed by atoms with van der Waals surface area (Å²) in [6.45, 7) is 9.82. The second-order valence-corrected chi connectivity index (χ2v) is 4.31. The van der Waals surface area contributed by atoms with Crippen molar-refractivity contribution in [3.63, 3.8) is 0 Å². The molecule has 0 saturated heterocycles. The van der Waals surface area contributed by atoms with Crippen molar-refractivity contribution in [1.82, 2.24) is 10.6 Å². The van der Waals surface area contributed by atoms with Crippen LogP contribution in [0.25, 0.3) is 0 Å². The van der Waals surface area contributed by atoms with Crippen molar-refractivity contribution in [3.05, 3.63) is 48.2 Å². The van der Waals surface area contributed by atoms with Crippen LogP contribution in [0.5, 0.6) is 0 Å². The topological polar surface area (TPSA) is 70.6 Å². The quantitative estimate of drug-likeness (QED) is 0.410. The molecule has 0 fully saturated rings. The largest absolute Gasteiger partial charge is 0.347 e. The van der Waals surface area contributed by atoms with Crippen LogP contribution in [0.1, 0.15) is 27.2 Å². The number of rotatable bonds is 8. The number of carbonyl (C=O) groups excluding carboxylic acids is 2. The first-order valence-electron chi connectivity index (χ1n) is 7.23. The molecule has 0 saturated carbocycles. The molecule has 0 unspecified atom stereocenters. The van der Waals surface area contributed by atoms with Crippen molar-refractivity contribution in [2.45, 2.75) is 27.2 Å². The first-order valence-corrected chi connectivity index (χ1v) is 7.23. The van der Waals surface area contributed by atoms with E-state index >= 15 is 0 Å². The van der Waals surface area contributed by atoms with E-state index in [1.165, 1.54) is 0 Å². The minimum atomic E-state index is -0.646. The highest BCUT2D eigenvalue weighted by atomic mass is 16.2. The van der Waals surface area contributed by atoms with E-state index in [1.807, 2.05) is 39.0 Å². The van der Waals surface area contributed by atoms with Gasteiger partial charge in [-0.1, -0.05) is 37.0 Å². The highest BCUT2D eigenvalue weighted by molar-refractivity contribution is 6.35. The van der Waals surface area contributed by atoms with E-state index in [4.69, 9.17) is 0 Å². The Morgan fingerprint density at radius 3 is 2.32 bits per heavy atom. The van der Waals surface area contributed by atoms with Crippen LogP contribution in [0.2, 0.25) is 0 Å². The molecule has 2 N–H and O–H groups in total. The molecule has 0 aromatic heterocycles. The smallest absolute Gasteiger partial charge is 0.309 e. The summed E-state index contributed by atoms with van der Waals surface area (Å²) in [5, 5.41) is 5.14. The minimum absolute atomic E-state index is 0.299. The zero-order valence-electron chi connectivity index (χ0n) is 13.6. The SMILES string of the molecule is C=C/C=C\C(=C/C)CNC(=O)C(=O)NCCC(=C/C)/N=C\C. The van der Waals surface area contributed by atoms with E-state index in [-0.39, 0.29) is 0 Å². The Hall–Kier alpha value is -2.43. The molecular formula is C17H25N3O2. The summed E-state index contributed by atoms with van der Waals surface area (Å²) >= 11 is 0. The fourth-order valence-electron chi connectivity index (χ4n) is 1.55. The number of hydrogen-bond acceptors (Lipinski definition) is 3. The summed E-state index contributed by atoms with van der Waals surface area (Å²) in [7, 11) is 0. The van der Waals surface area contributed by atoms with Crippen LogP contribution in [-0.2, 0) is 9.59 Å². The molecule has 0 heterocycles. The Kier molecular flexibility index (Phi) is 11.0. The van der Waals surface area contributed by atoms with Gasteiger partial charge in [0.1, 0.15) is 0 Å². The Bertz CT molecular complexity index is 500. The predicted molar refractivity (Wildman–Crippen MR) is 91.7 cm³/mol. The van der Waals surface area contributed by atoms with Crippen LogP contribution < -0.4 is 10.6 Å². The third-order valence-corrected chi connectivity index (χ3v) is 2.77. The highest BCUT2D eigenvalue weighted by Crippen LogP contribution is 2.00. The predicted octanol–water partition coefficient (Wildman–Crippen LogP) is 2.29. The lowest BCUT2D eigenvalue weighted by molar-refractivity contribution is -0.139. The highest BCUT2D eigenvalue weighted by Gasteiger charge is 2.12. The normalized spacial score (nSPS) is 12.7. The molecular weight excluding hydrogens is 278 g/mol. The Balaban J connectivity index is 4.20. The lowest BCUT2D eigenvalue weighted by Gasteiger charge is -2.07. The summed E-state index contributed by atoms with van der Waals surface area (Å²) in [6.07, 6.45) is 11.3. The van der Waals surface area contributed by atoms with Crippen molar-refractivity contribution in [1.29, 1.82) is 0 Å². The molecule has 0 aliphatic rings. The third-order valence-electron chi connectivity index (χ3n) is 2.77. The second kappa shape index (κ2) is 12.3. The third kappa shape index (κ3) is 8.68. The van der Waals surface area contributed by atoms with Crippen molar-refractivity contribution >= 4 is 18.0 Å². The van der Waals surface area contributed by atoms with Gasteiger partial charge in [-0.15, -0.1) is 0 Å². The van der Waals surface area contributed by atoms with E-state index in [2.05, 4.69) is 22.2 Å². The van der Waals surface area contributed by atoms with Crippen LogP contribution in [0.3, 0.4) is 0 Å². The van der Waals surface area contributed by atoms with E-state index in [9.17, 15) is 9.59 Å². The Morgan fingerprint density at radius 2 is 1.77 bits per heavy atom. The molecule has 0 aromatic rings. The van der Waals surface area contributed by atoms with Crippen molar-refractivity contribution in [2.24, 2.45) is 4.99 Å². The summed E-state index contributed by atoms with van der Waals surface area (Å²) < 4.78 is 0. The zero-order valence-corrected chi connectivity index (χ0v) is 13.6. The van der Waals surface area contributed by atoms with Gasteiger partial charge in [0.25, 0.3) is 0 Å². The molecule has 0 rings (SSSR count). The molecule has 22 heavy (non-hydrogen) atoms. The Morgan fingerprint density at radius 1 is 1.09 bits per heavy atom. The lowest BCUT2D eigenvalue weighted by Crippen LogP contribution is -2.40. The number of aliphatic imine (C=N–C) groups is 1. The molecule has 0 aliphatic heterocycles. The van der Waals surface area contributed by atoms with Crippen LogP contribution in [-0.4, -0.2) is 31.1 Å². The van der Waals surface area contributed by atoms with Crippen molar-refractivity contribution in [3.8, 4) is 0 Å². The van der Waals surface area contributed by atoms with Crippen LogP contribution in [0.4, 0.5) is 0 Å². The average Bonchev–Trinajstić information content (AvgIpc) is 2.53. The molecule has 0 radical (unpaired) electrons. The number of allylic oxidation sites excluding steroid dienone is 4. The van der Waals surface area contributed by atoms with Gasteiger partial charge in [-0.05, 0) is 26.3 Å². The van der Waals surface area contributed by atoms with Gasteiger partial charge in [0.15, 0.2) is 0 Å². The lowest BCUT2D eigenvalue weighted by atomic mass is 10.2. The number of amides is 2. The van der Waals surface area contributed by atoms with Gasteiger partial charge in [-0.2, -0.15) is 0 Å². The molecule has 0 atom stereocenters. The minimum Gasteiger partial charge on any atom is -0.347 e. The van der Waals surface area contributed by atoms with Crippen molar-refractivity contribution in [2.75, 3.05) is 13.1 Å². The summed E-state index contributed by atoms with van der Waals surface area (Å²) in [6, 6.07) is 0. The molecule has 0 aromatic carbocycles. The van der Waals surface area contributed by atoms with E-state index < -0.39 is 11.8 Å². The molecule has 0 bridgehead atoms.